The summed E-state index contributed by atoms with van der Waals surface area (Å²) in [7, 11) is 3.20. The molecular formula is C33H43FN2O4. The fraction of sp³-hybridized carbons (Fsp3) is 0.515. The summed E-state index contributed by atoms with van der Waals surface area (Å²) in [6.07, 6.45) is 13.5. The monoisotopic (exact) mass is 550 g/mol. The second kappa shape index (κ2) is 13.8. The lowest BCUT2D eigenvalue weighted by atomic mass is 9.76. The lowest BCUT2D eigenvalue weighted by molar-refractivity contribution is -0.117. The van der Waals surface area contributed by atoms with Crippen LogP contribution in [0.15, 0.2) is 47.0 Å². The third kappa shape index (κ3) is 7.04. The predicted octanol–water partition coefficient (Wildman–Crippen LogP) is 8.06. The van der Waals surface area contributed by atoms with Crippen molar-refractivity contribution in [1.82, 2.24) is 10.5 Å². The average molecular weight is 551 g/mol. The highest BCUT2D eigenvalue weighted by Gasteiger charge is 2.38. The Bertz CT molecular complexity index is 1300. The van der Waals surface area contributed by atoms with Crippen LogP contribution in [-0.4, -0.2) is 31.8 Å². The number of fused-ring (bicyclic) bond motifs is 1. The first-order chi connectivity index (χ1) is 19.4. The molecule has 1 aliphatic rings. The van der Waals surface area contributed by atoms with Crippen molar-refractivity contribution < 1.29 is 23.2 Å². The SMILES string of the molecule is CCCC(CCCCC1CCCC1(C)CNC(=O)C=Cc1cccc(OC)c1OC)c1noc2cc(F)ccc12. The molecule has 3 unspecified atom stereocenters. The van der Waals surface area contributed by atoms with Crippen LogP contribution in [0, 0.1) is 17.2 Å². The van der Waals surface area contributed by atoms with Crippen molar-refractivity contribution in [2.75, 3.05) is 20.8 Å². The van der Waals surface area contributed by atoms with Crippen LogP contribution in [0.3, 0.4) is 0 Å². The minimum absolute atomic E-state index is 0.0983. The minimum atomic E-state index is -0.300. The molecule has 0 saturated heterocycles. The van der Waals surface area contributed by atoms with Gasteiger partial charge in [0.2, 0.25) is 5.91 Å². The van der Waals surface area contributed by atoms with E-state index >= 15 is 0 Å². The molecule has 1 aromatic heterocycles. The van der Waals surface area contributed by atoms with E-state index in [1.54, 1.807) is 32.4 Å². The Kier molecular flexibility index (Phi) is 10.2. The van der Waals surface area contributed by atoms with E-state index < -0.39 is 0 Å². The highest BCUT2D eigenvalue weighted by atomic mass is 19.1. The van der Waals surface area contributed by atoms with Crippen molar-refractivity contribution in [3.05, 3.63) is 59.5 Å². The van der Waals surface area contributed by atoms with Gasteiger partial charge in [-0.3, -0.25) is 4.79 Å². The Morgan fingerprint density at radius 1 is 1.23 bits per heavy atom. The molecule has 1 saturated carbocycles. The number of halogens is 1. The Morgan fingerprint density at radius 2 is 2.08 bits per heavy atom. The summed E-state index contributed by atoms with van der Waals surface area (Å²) in [5.74, 6) is 1.77. The number of unbranched alkanes of at least 4 members (excludes halogenated alkanes) is 1. The largest absolute Gasteiger partial charge is 0.493 e. The van der Waals surface area contributed by atoms with Crippen molar-refractivity contribution >= 4 is 23.0 Å². The number of carbonyl (C=O) groups is 1. The maximum atomic E-state index is 13.6. The minimum Gasteiger partial charge on any atom is -0.493 e. The highest BCUT2D eigenvalue weighted by Crippen LogP contribution is 2.45. The number of aromatic nitrogens is 1. The van der Waals surface area contributed by atoms with Gasteiger partial charge < -0.3 is 19.3 Å². The number of hydrogen-bond donors (Lipinski definition) is 1. The molecule has 0 spiro atoms. The van der Waals surface area contributed by atoms with Crippen LogP contribution in [0.1, 0.15) is 88.8 Å². The first kappa shape index (κ1) is 29.6. The summed E-state index contributed by atoms with van der Waals surface area (Å²) in [4.78, 5) is 12.7. The van der Waals surface area contributed by atoms with Crippen molar-refractivity contribution in [1.29, 1.82) is 0 Å². The number of benzene rings is 2. The van der Waals surface area contributed by atoms with E-state index in [1.165, 1.54) is 25.0 Å². The van der Waals surface area contributed by atoms with E-state index in [4.69, 9.17) is 14.0 Å². The van der Waals surface area contributed by atoms with E-state index in [-0.39, 0.29) is 17.1 Å². The zero-order valence-electron chi connectivity index (χ0n) is 24.3. The molecule has 1 heterocycles. The maximum absolute atomic E-state index is 13.6. The Balaban J connectivity index is 1.28. The van der Waals surface area contributed by atoms with Gasteiger partial charge in [0.05, 0.1) is 19.9 Å². The number of para-hydroxylation sites is 1. The lowest BCUT2D eigenvalue weighted by Crippen LogP contribution is -2.37. The molecule has 3 aromatic rings. The second-order valence-corrected chi connectivity index (χ2v) is 11.4. The fourth-order valence-corrected chi connectivity index (χ4v) is 6.36. The molecule has 216 valence electrons. The number of rotatable bonds is 14. The van der Waals surface area contributed by atoms with Crippen LogP contribution in [-0.2, 0) is 4.79 Å². The Labute approximate surface area is 237 Å². The first-order valence-electron chi connectivity index (χ1n) is 14.6. The number of nitrogens with zero attached hydrogens (tertiary/aromatic N) is 1. The number of carbonyl (C=O) groups excluding carboxylic acids is 1. The van der Waals surface area contributed by atoms with Crippen LogP contribution >= 0.6 is 0 Å². The standard InChI is InChI=1S/C33H43FN2O4/c1-5-10-23(31-27-18-17-26(34)21-29(27)40-36-31)11-6-7-13-25-14-9-20-33(25,2)22-35-30(37)19-16-24-12-8-15-28(38-3)32(24)39-4/h8,12,15-19,21,23,25H,5-7,9-11,13-14,20,22H2,1-4H3,(H,35,37). The van der Waals surface area contributed by atoms with Gasteiger partial charge in [0.15, 0.2) is 17.1 Å². The Hall–Kier alpha value is -3.35. The normalized spacial score (nSPS) is 19.8. The molecule has 7 heteroatoms. The summed E-state index contributed by atoms with van der Waals surface area (Å²) in [5.41, 5.74) is 2.39. The van der Waals surface area contributed by atoms with Crippen molar-refractivity contribution in [2.24, 2.45) is 11.3 Å². The topological polar surface area (TPSA) is 73.6 Å². The summed E-state index contributed by atoms with van der Waals surface area (Å²) < 4.78 is 29.8. The molecule has 4 rings (SSSR count). The number of amides is 1. The quantitative estimate of drug-likeness (QED) is 0.162. The van der Waals surface area contributed by atoms with Gasteiger partial charge in [0.25, 0.3) is 0 Å². The predicted molar refractivity (Wildman–Crippen MR) is 157 cm³/mol. The second-order valence-electron chi connectivity index (χ2n) is 11.4. The molecule has 2 aromatic carbocycles. The molecule has 1 N–H and O–H groups in total. The highest BCUT2D eigenvalue weighted by molar-refractivity contribution is 5.92. The molecule has 0 radical (unpaired) electrons. The molecular weight excluding hydrogens is 507 g/mol. The average Bonchev–Trinajstić information content (AvgIpc) is 3.54. The first-order valence-corrected chi connectivity index (χ1v) is 14.6. The van der Waals surface area contributed by atoms with Gasteiger partial charge in [0, 0.05) is 35.6 Å². The third-order valence-corrected chi connectivity index (χ3v) is 8.64. The molecule has 0 bridgehead atoms. The molecule has 6 nitrogen and oxygen atoms in total. The number of ether oxygens (including phenoxy) is 2. The van der Waals surface area contributed by atoms with Crippen LogP contribution in [0.2, 0.25) is 0 Å². The molecule has 0 aliphatic heterocycles. The van der Waals surface area contributed by atoms with E-state index in [2.05, 4.69) is 24.3 Å². The molecule has 1 amide bonds. The van der Waals surface area contributed by atoms with Gasteiger partial charge in [0.1, 0.15) is 5.82 Å². The zero-order valence-corrected chi connectivity index (χ0v) is 24.3. The van der Waals surface area contributed by atoms with Crippen LogP contribution in [0.5, 0.6) is 11.5 Å². The van der Waals surface area contributed by atoms with Gasteiger partial charge in [-0.1, -0.05) is 56.8 Å². The van der Waals surface area contributed by atoms with Gasteiger partial charge in [-0.05, 0) is 67.7 Å². The van der Waals surface area contributed by atoms with Crippen LogP contribution in [0.25, 0.3) is 17.0 Å². The summed E-state index contributed by atoms with van der Waals surface area (Å²) in [5, 5.41) is 8.41. The van der Waals surface area contributed by atoms with Crippen molar-refractivity contribution in [2.45, 2.75) is 77.6 Å². The number of nitrogens with one attached hydrogen (secondary N) is 1. The summed E-state index contributed by atoms with van der Waals surface area (Å²) in [6, 6.07) is 10.3. The molecule has 40 heavy (non-hydrogen) atoms. The zero-order chi connectivity index (χ0) is 28.5. The number of hydrogen-bond acceptors (Lipinski definition) is 5. The van der Waals surface area contributed by atoms with Crippen molar-refractivity contribution in [3.63, 3.8) is 0 Å². The number of methoxy groups -OCH3 is 2. The molecule has 1 aliphatic carbocycles. The van der Waals surface area contributed by atoms with Crippen molar-refractivity contribution in [3.8, 4) is 11.5 Å². The van der Waals surface area contributed by atoms with Gasteiger partial charge in [-0.2, -0.15) is 0 Å². The molecule has 3 atom stereocenters. The fourth-order valence-electron chi connectivity index (χ4n) is 6.36. The van der Waals surface area contributed by atoms with E-state index in [9.17, 15) is 9.18 Å². The van der Waals surface area contributed by atoms with Gasteiger partial charge in [-0.15, -0.1) is 0 Å². The van der Waals surface area contributed by atoms with E-state index in [0.29, 0.717) is 35.5 Å². The van der Waals surface area contributed by atoms with Crippen LogP contribution < -0.4 is 14.8 Å². The third-order valence-electron chi connectivity index (χ3n) is 8.64. The van der Waals surface area contributed by atoms with Gasteiger partial charge in [-0.25, -0.2) is 4.39 Å². The maximum Gasteiger partial charge on any atom is 0.244 e. The summed E-state index contributed by atoms with van der Waals surface area (Å²) in [6.45, 7) is 5.19. The molecule has 1 fully saturated rings. The van der Waals surface area contributed by atoms with Gasteiger partial charge >= 0.3 is 0 Å². The summed E-state index contributed by atoms with van der Waals surface area (Å²) >= 11 is 0. The van der Waals surface area contributed by atoms with E-state index in [0.717, 1.165) is 61.6 Å². The smallest absolute Gasteiger partial charge is 0.244 e. The van der Waals surface area contributed by atoms with Crippen LogP contribution in [0.4, 0.5) is 4.39 Å². The van der Waals surface area contributed by atoms with E-state index in [1.807, 2.05) is 18.2 Å². The Morgan fingerprint density at radius 3 is 2.85 bits per heavy atom. The lowest BCUT2D eigenvalue weighted by Gasteiger charge is -2.32.